The molecule has 0 spiro atoms. The second-order valence-corrected chi connectivity index (χ2v) is 10.5. The SMILES string of the molecule is Cc1ccc(S(=O)(=O)N2CCCC2N[S@](=O)C(C)(C)C)cc1. The van der Waals surface area contributed by atoms with Crippen molar-refractivity contribution in [2.24, 2.45) is 0 Å². The molecule has 0 amide bonds. The number of nitrogens with zero attached hydrogens (tertiary/aromatic N) is 1. The van der Waals surface area contributed by atoms with E-state index in [9.17, 15) is 12.6 Å². The van der Waals surface area contributed by atoms with Gasteiger partial charge in [0.25, 0.3) is 0 Å². The van der Waals surface area contributed by atoms with Crippen LogP contribution in [0.2, 0.25) is 0 Å². The highest BCUT2D eigenvalue weighted by Crippen LogP contribution is 2.26. The van der Waals surface area contributed by atoms with E-state index in [1.165, 1.54) is 4.31 Å². The smallest absolute Gasteiger partial charge is 0.242 e. The van der Waals surface area contributed by atoms with Crippen molar-refractivity contribution in [1.29, 1.82) is 0 Å². The van der Waals surface area contributed by atoms with E-state index in [1.54, 1.807) is 24.3 Å². The van der Waals surface area contributed by atoms with Crippen LogP contribution in [-0.4, -0.2) is 34.4 Å². The highest BCUT2D eigenvalue weighted by Gasteiger charge is 2.37. The minimum absolute atomic E-state index is 0.286. The second kappa shape index (κ2) is 6.39. The predicted octanol–water partition coefficient (Wildman–Crippen LogP) is 2.16. The van der Waals surface area contributed by atoms with Gasteiger partial charge in [0.2, 0.25) is 10.0 Å². The summed E-state index contributed by atoms with van der Waals surface area (Å²) in [6, 6.07) is 6.83. The molecule has 7 heteroatoms. The van der Waals surface area contributed by atoms with Crippen molar-refractivity contribution >= 4 is 21.0 Å². The third kappa shape index (κ3) is 3.76. The molecule has 22 heavy (non-hydrogen) atoms. The maximum Gasteiger partial charge on any atom is 0.244 e. The molecular formula is C15H24N2O3S2. The Morgan fingerprint density at radius 1 is 1.23 bits per heavy atom. The number of benzene rings is 1. The van der Waals surface area contributed by atoms with Gasteiger partial charge in [-0.3, -0.25) is 0 Å². The van der Waals surface area contributed by atoms with Gasteiger partial charge in [0.1, 0.15) is 0 Å². The Bertz CT molecular complexity index is 648. The molecule has 1 heterocycles. The van der Waals surface area contributed by atoms with E-state index in [0.29, 0.717) is 13.0 Å². The second-order valence-electron chi connectivity index (χ2n) is 6.59. The first-order valence-corrected chi connectivity index (χ1v) is 9.98. The Balaban J connectivity index is 2.22. The summed E-state index contributed by atoms with van der Waals surface area (Å²) in [4.78, 5) is 0.286. The van der Waals surface area contributed by atoms with E-state index in [1.807, 2.05) is 27.7 Å². The van der Waals surface area contributed by atoms with Crippen LogP contribution in [0, 0.1) is 6.92 Å². The fourth-order valence-corrected chi connectivity index (χ4v) is 4.82. The Labute approximate surface area is 135 Å². The zero-order valence-corrected chi connectivity index (χ0v) is 15.1. The molecule has 5 nitrogen and oxygen atoms in total. The monoisotopic (exact) mass is 344 g/mol. The first-order valence-electron chi connectivity index (χ1n) is 7.39. The summed E-state index contributed by atoms with van der Waals surface area (Å²) in [5, 5.41) is 0. The van der Waals surface area contributed by atoms with Gasteiger partial charge in [-0.15, -0.1) is 0 Å². The van der Waals surface area contributed by atoms with E-state index in [2.05, 4.69) is 4.72 Å². The van der Waals surface area contributed by atoms with Crippen LogP contribution in [0.5, 0.6) is 0 Å². The molecule has 1 aromatic carbocycles. The van der Waals surface area contributed by atoms with Crippen molar-refractivity contribution in [3.63, 3.8) is 0 Å². The van der Waals surface area contributed by atoms with Crippen molar-refractivity contribution in [2.75, 3.05) is 6.54 Å². The maximum atomic E-state index is 12.8. The van der Waals surface area contributed by atoms with Crippen molar-refractivity contribution < 1.29 is 12.6 Å². The van der Waals surface area contributed by atoms with Crippen LogP contribution in [0.15, 0.2) is 29.2 Å². The van der Waals surface area contributed by atoms with E-state index in [4.69, 9.17) is 0 Å². The lowest BCUT2D eigenvalue weighted by atomic mass is 10.2. The van der Waals surface area contributed by atoms with Crippen LogP contribution in [0.3, 0.4) is 0 Å². The first-order chi connectivity index (χ1) is 10.1. The molecule has 2 atom stereocenters. The molecule has 1 saturated heterocycles. The van der Waals surface area contributed by atoms with Crippen LogP contribution in [-0.2, 0) is 21.0 Å². The maximum absolute atomic E-state index is 12.8. The molecule has 1 fully saturated rings. The Hall–Kier alpha value is -0.760. The van der Waals surface area contributed by atoms with Crippen LogP contribution < -0.4 is 4.72 Å². The lowest BCUT2D eigenvalue weighted by molar-refractivity contribution is 0.373. The highest BCUT2D eigenvalue weighted by molar-refractivity contribution is 7.89. The molecule has 0 radical (unpaired) electrons. The molecule has 1 N–H and O–H groups in total. The van der Waals surface area contributed by atoms with Gasteiger partial charge < -0.3 is 0 Å². The topological polar surface area (TPSA) is 66.5 Å². The summed E-state index contributed by atoms with van der Waals surface area (Å²) in [6.07, 6.45) is 1.03. The molecule has 1 aliphatic heterocycles. The van der Waals surface area contributed by atoms with Gasteiger partial charge in [0, 0.05) is 6.54 Å². The zero-order chi connectivity index (χ0) is 16.5. The Kier molecular flexibility index (Phi) is 5.11. The number of rotatable bonds is 4. The zero-order valence-electron chi connectivity index (χ0n) is 13.5. The van der Waals surface area contributed by atoms with Gasteiger partial charge in [0.05, 0.1) is 26.8 Å². The van der Waals surface area contributed by atoms with E-state index >= 15 is 0 Å². The lowest BCUT2D eigenvalue weighted by Gasteiger charge is -2.27. The average molecular weight is 345 g/mol. The number of aryl methyl sites for hydroxylation is 1. The van der Waals surface area contributed by atoms with Crippen molar-refractivity contribution in [3.8, 4) is 0 Å². The van der Waals surface area contributed by atoms with Crippen LogP contribution in [0.25, 0.3) is 0 Å². The molecule has 0 aliphatic carbocycles. The molecule has 2 rings (SSSR count). The van der Waals surface area contributed by atoms with Gasteiger partial charge in [-0.2, -0.15) is 4.31 Å². The van der Waals surface area contributed by atoms with E-state index in [-0.39, 0.29) is 4.90 Å². The number of sulfonamides is 1. The summed E-state index contributed by atoms with van der Waals surface area (Å²) >= 11 is 0. The number of hydrogen-bond donors (Lipinski definition) is 1. The third-order valence-electron chi connectivity index (χ3n) is 3.63. The molecule has 124 valence electrons. The molecule has 0 aromatic heterocycles. The number of hydrogen-bond acceptors (Lipinski definition) is 3. The van der Waals surface area contributed by atoms with Crippen molar-refractivity contribution in [3.05, 3.63) is 29.8 Å². The minimum atomic E-state index is -3.56. The van der Waals surface area contributed by atoms with Crippen LogP contribution in [0.1, 0.15) is 39.2 Å². The number of nitrogens with one attached hydrogen (secondary N) is 1. The molecule has 1 aromatic rings. The molecule has 0 bridgehead atoms. The predicted molar refractivity (Wildman–Crippen MR) is 89.1 cm³/mol. The summed E-state index contributed by atoms with van der Waals surface area (Å²) in [5.41, 5.74) is 1.02. The molecule has 0 saturated carbocycles. The van der Waals surface area contributed by atoms with Gasteiger partial charge >= 0.3 is 0 Å². The molecule has 1 aliphatic rings. The Morgan fingerprint density at radius 2 is 1.82 bits per heavy atom. The van der Waals surface area contributed by atoms with Gasteiger partial charge in [-0.25, -0.2) is 17.3 Å². The average Bonchev–Trinajstić information content (AvgIpc) is 2.87. The van der Waals surface area contributed by atoms with Gasteiger partial charge in [0.15, 0.2) is 0 Å². The van der Waals surface area contributed by atoms with E-state index in [0.717, 1.165) is 12.0 Å². The summed E-state index contributed by atoms with van der Waals surface area (Å²) < 4.78 is 41.8. The Morgan fingerprint density at radius 3 is 2.36 bits per heavy atom. The normalized spacial score (nSPS) is 21.9. The summed E-state index contributed by atoms with van der Waals surface area (Å²) in [5.74, 6) is 0. The summed E-state index contributed by atoms with van der Waals surface area (Å²) in [7, 11) is -4.86. The van der Waals surface area contributed by atoms with Gasteiger partial charge in [-0.05, 0) is 52.7 Å². The largest absolute Gasteiger partial charge is 0.244 e. The fraction of sp³-hybridized carbons (Fsp3) is 0.600. The quantitative estimate of drug-likeness (QED) is 0.910. The van der Waals surface area contributed by atoms with Crippen molar-refractivity contribution in [2.45, 2.75) is 56.3 Å². The third-order valence-corrected chi connectivity index (χ3v) is 7.15. The standard InChI is InChI=1S/C15H24N2O3S2/c1-12-7-9-13(10-8-12)22(19,20)17-11-5-6-14(17)16-21(18)15(2,3)4/h7-10,14,16H,5-6,11H2,1-4H3/t14?,21-/m1/s1. The lowest BCUT2D eigenvalue weighted by Crippen LogP contribution is -2.48. The fourth-order valence-electron chi connectivity index (χ4n) is 2.29. The van der Waals surface area contributed by atoms with Crippen LogP contribution >= 0.6 is 0 Å². The van der Waals surface area contributed by atoms with Crippen molar-refractivity contribution in [1.82, 2.24) is 9.03 Å². The summed E-state index contributed by atoms with van der Waals surface area (Å²) in [6.45, 7) is 7.97. The highest BCUT2D eigenvalue weighted by atomic mass is 32.2. The first kappa shape index (κ1) is 17.6. The molecular weight excluding hydrogens is 320 g/mol. The minimum Gasteiger partial charge on any atom is -0.242 e. The van der Waals surface area contributed by atoms with E-state index < -0.39 is 31.9 Å². The van der Waals surface area contributed by atoms with Crippen LogP contribution in [0.4, 0.5) is 0 Å². The van der Waals surface area contributed by atoms with Gasteiger partial charge in [-0.1, -0.05) is 17.7 Å². The molecule has 1 unspecified atom stereocenters.